The number of anilines is 1. The largest absolute Gasteiger partial charge is 0.491 e. The van der Waals surface area contributed by atoms with E-state index in [2.05, 4.69) is 4.98 Å². The summed E-state index contributed by atoms with van der Waals surface area (Å²) in [5.74, 6) is 0.879. The Morgan fingerprint density at radius 1 is 1.24 bits per heavy atom. The van der Waals surface area contributed by atoms with Gasteiger partial charge in [0.2, 0.25) is 0 Å². The topological polar surface area (TPSA) is 48.1 Å². The van der Waals surface area contributed by atoms with Gasteiger partial charge in [0.25, 0.3) is 0 Å². The Balaban J connectivity index is 2.26. The second-order valence-electron chi connectivity index (χ2n) is 4.15. The van der Waals surface area contributed by atoms with Crippen LogP contribution in [-0.2, 0) is 0 Å². The van der Waals surface area contributed by atoms with Gasteiger partial charge in [0.15, 0.2) is 5.13 Å². The molecule has 1 heterocycles. The first-order valence-electron chi connectivity index (χ1n) is 5.56. The molecule has 2 rings (SSSR count). The number of ether oxygens (including phenoxy) is 1. The highest BCUT2D eigenvalue weighted by Crippen LogP contribution is 2.29. The summed E-state index contributed by atoms with van der Waals surface area (Å²) in [6, 6.07) is 7.95. The normalized spacial score (nSPS) is 10.8. The summed E-state index contributed by atoms with van der Waals surface area (Å²) < 4.78 is 5.60. The number of nitrogen functional groups attached to an aromatic ring is 1. The third-order valence-electron chi connectivity index (χ3n) is 2.31. The highest BCUT2D eigenvalue weighted by Gasteiger charge is 2.08. The molecule has 0 unspecified atom stereocenters. The number of hydrogen-bond acceptors (Lipinski definition) is 4. The lowest BCUT2D eigenvalue weighted by atomic mass is 10.1. The Kier molecular flexibility index (Phi) is 3.33. The van der Waals surface area contributed by atoms with Gasteiger partial charge in [-0.25, -0.2) is 4.98 Å². The molecule has 3 nitrogen and oxygen atoms in total. The minimum Gasteiger partial charge on any atom is -0.491 e. The molecule has 0 radical (unpaired) electrons. The van der Waals surface area contributed by atoms with Crippen LogP contribution >= 0.6 is 11.3 Å². The zero-order chi connectivity index (χ0) is 12.4. The molecule has 0 saturated heterocycles. The first-order chi connectivity index (χ1) is 8.06. The lowest BCUT2D eigenvalue weighted by Crippen LogP contribution is -2.05. The molecule has 0 aliphatic heterocycles. The molecule has 0 aliphatic carbocycles. The van der Waals surface area contributed by atoms with Gasteiger partial charge in [-0.3, -0.25) is 0 Å². The maximum atomic E-state index is 5.70. The molecule has 0 aliphatic rings. The molecule has 0 amide bonds. The van der Waals surface area contributed by atoms with Gasteiger partial charge >= 0.3 is 0 Å². The fraction of sp³-hybridized carbons (Fsp3) is 0.308. The monoisotopic (exact) mass is 248 g/mol. The number of aromatic nitrogens is 1. The Hall–Kier alpha value is -1.55. The zero-order valence-electron chi connectivity index (χ0n) is 10.2. The van der Waals surface area contributed by atoms with Gasteiger partial charge < -0.3 is 10.5 Å². The van der Waals surface area contributed by atoms with Crippen molar-refractivity contribution in [3.63, 3.8) is 0 Å². The van der Waals surface area contributed by atoms with Crippen molar-refractivity contribution in [2.75, 3.05) is 5.73 Å². The molecule has 1 aromatic carbocycles. The van der Waals surface area contributed by atoms with Crippen LogP contribution in [0, 0.1) is 6.92 Å². The van der Waals surface area contributed by atoms with Gasteiger partial charge in [0, 0.05) is 10.4 Å². The molecule has 0 saturated carbocycles. The van der Waals surface area contributed by atoms with Crippen molar-refractivity contribution in [1.82, 2.24) is 4.98 Å². The summed E-state index contributed by atoms with van der Waals surface area (Å²) in [5, 5.41) is 0.611. The van der Waals surface area contributed by atoms with Crippen LogP contribution in [0.1, 0.15) is 18.7 Å². The summed E-state index contributed by atoms with van der Waals surface area (Å²) in [7, 11) is 0. The minimum atomic E-state index is 0.192. The number of nitrogens with zero attached hydrogens (tertiary/aromatic N) is 1. The molecule has 1 aromatic heterocycles. The summed E-state index contributed by atoms with van der Waals surface area (Å²) in [6.07, 6.45) is 0.192. The van der Waals surface area contributed by atoms with Gasteiger partial charge in [0.05, 0.1) is 11.8 Å². The maximum Gasteiger partial charge on any atom is 0.180 e. The van der Waals surface area contributed by atoms with Crippen molar-refractivity contribution >= 4 is 16.5 Å². The van der Waals surface area contributed by atoms with Gasteiger partial charge in [-0.15, -0.1) is 11.3 Å². The average Bonchev–Trinajstić information content (AvgIpc) is 2.58. The van der Waals surface area contributed by atoms with Crippen molar-refractivity contribution in [1.29, 1.82) is 0 Å². The SMILES string of the molecule is Cc1sc(N)nc1-c1ccc(OC(C)C)cc1. The number of nitrogens with two attached hydrogens (primary N) is 1. The van der Waals surface area contributed by atoms with Crippen LogP contribution in [0.3, 0.4) is 0 Å². The molecule has 17 heavy (non-hydrogen) atoms. The van der Waals surface area contributed by atoms with Crippen molar-refractivity contribution in [2.24, 2.45) is 0 Å². The van der Waals surface area contributed by atoms with E-state index in [0.29, 0.717) is 5.13 Å². The smallest absolute Gasteiger partial charge is 0.180 e. The van der Waals surface area contributed by atoms with E-state index in [1.807, 2.05) is 45.0 Å². The average molecular weight is 248 g/mol. The minimum absolute atomic E-state index is 0.192. The quantitative estimate of drug-likeness (QED) is 0.904. The molecular weight excluding hydrogens is 232 g/mol. The van der Waals surface area contributed by atoms with Crippen molar-refractivity contribution < 1.29 is 4.74 Å². The third-order valence-corrected chi connectivity index (χ3v) is 3.11. The van der Waals surface area contributed by atoms with Crippen LogP contribution in [0.2, 0.25) is 0 Å². The van der Waals surface area contributed by atoms with Crippen molar-refractivity contribution in [3.8, 4) is 17.0 Å². The summed E-state index contributed by atoms with van der Waals surface area (Å²) in [6.45, 7) is 6.06. The van der Waals surface area contributed by atoms with E-state index in [1.165, 1.54) is 11.3 Å². The predicted molar refractivity (Wildman–Crippen MR) is 72.5 cm³/mol. The summed E-state index contributed by atoms with van der Waals surface area (Å²) in [5.41, 5.74) is 7.73. The lowest BCUT2D eigenvalue weighted by Gasteiger charge is -2.09. The Labute approximate surface area is 105 Å². The first kappa shape index (κ1) is 11.9. The summed E-state index contributed by atoms with van der Waals surface area (Å²) in [4.78, 5) is 5.47. The van der Waals surface area contributed by atoms with E-state index in [9.17, 15) is 0 Å². The van der Waals surface area contributed by atoms with Gasteiger partial charge in [0.1, 0.15) is 5.75 Å². The Morgan fingerprint density at radius 3 is 2.35 bits per heavy atom. The van der Waals surface area contributed by atoms with E-state index in [-0.39, 0.29) is 6.10 Å². The van der Waals surface area contributed by atoms with E-state index >= 15 is 0 Å². The number of hydrogen-bond donors (Lipinski definition) is 1. The molecule has 90 valence electrons. The van der Waals surface area contributed by atoms with Crippen LogP contribution in [-0.4, -0.2) is 11.1 Å². The standard InChI is InChI=1S/C13H16N2OS/c1-8(2)16-11-6-4-10(5-7-11)12-9(3)17-13(14)15-12/h4-8H,1-3H3,(H2,14,15). The van der Waals surface area contributed by atoms with Gasteiger partial charge in [-0.05, 0) is 45.0 Å². The third kappa shape index (κ3) is 2.77. The lowest BCUT2D eigenvalue weighted by molar-refractivity contribution is 0.242. The zero-order valence-corrected chi connectivity index (χ0v) is 11.0. The Bertz CT molecular complexity index is 503. The molecule has 0 fully saturated rings. The number of rotatable bonds is 3. The fourth-order valence-corrected chi connectivity index (χ4v) is 2.36. The van der Waals surface area contributed by atoms with E-state index < -0.39 is 0 Å². The first-order valence-corrected chi connectivity index (χ1v) is 6.38. The molecule has 2 N–H and O–H groups in total. The van der Waals surface area contributed by atoms with Crippen LogP contribution in [0.5, 0.6) is 5.75 Å². The van der Waals surface area contributed by atoms with Gasteiger partial charge in [-0.2, -0.15) is 0 Å². The number of thiazole rings is 1. The molecule has 2 aromatic rings. The highest BCUT2D eigenvalue weighted by atomic mass is 32.1. The van der Waals surface area contributed by atoms with Crippen molar-refractivity contribution in [3.05, 3.63) is 29.1 Å². The van der Waals surface area contributed by atoms with Crippen molar-refractivity contribution in [2.45, 2.75) is 26.9 Å². The number of aryl methyl sites for hydroxylation is 1. The van der Waals surface area contributed by atoms with Crippen LogP contribution in [0.25, 0.3) is 11.3 Å². The molecule has 0 spiro atoms. The molecular formula is C13H16N2OS. The van der Waals surface area contributed by atoms with Gasteiger partial charge in [-0.1, -0.05) is 0 Å². The number of benzene rings is 1. The predicted octanol–water partition coefficient (Wildman–Crippen LogP) is 3.49. The maximum absolute atomic E-state index is 5.70. The van der Waals surface area contributed by atoms with Crippen LogP contribution in [0.4, 0.5) is 5.13 Å². The summed E-state index contributed by atoms with van der Waals surface area (Å²) >= 11 is 1.51. The van der Waals surface area contributed by atoms with E-state index in [0.717, 1.165) is 21.9 Å². The molecule has 0 bridgehead atoms. The van der Waals surface area contributed by atoms with Crippen LogP contribution in [0.15, 0.2) is 24.3 Å². The second kappa shape index (κ2) is 4.75. The highest BCUT2D eigenvalue weighted by molar-refractivity contribution is 7.15. The Morgan fingerprint density at radius 2 is 1.88 bits per heavy atom. The van der Waals surface area contributed by atoms with E-state index in [4.69, 9.17) is 10.5 Å². The fourth-order valence-electron chi connectivity index (χ4n) is 1.65. The molecule has 4 heteroatoms. The molecule has 0 atom stereocenters. The second-order valence-corrected chi connectivity index (χ2v) is 5.38. The van der Waals surface area contributed by atoms with Crippen LogP contribution < -0.4 is 10.5 Å². The van der Waals surface area contributed by atoms with E-state index in [1.54, 1.807) is 0 Å².